The van der Waals surface area contributed by atoms with Crippen LogP contribution in [0, 0.1) is 0 Å². The molecule has 0 aromatic heterocycles. The fraction of sp³-hybridized carbons (Fsp3) is 0.952. The largest absolute Gasteiger partial charge is 0.394 e. The topological polar surface area (TPSA) is 89.8 Å². The van der Waals surface area contributed by atoms with Crippen LogP contribution in [0.25, 0.3) is 0 Å². The van der Waals surface area contributed by atoms with Gasteiger partial charge >= 0.3 is 0 Å². The second-order valence-electron chi connectivity index (χ2n) is 22.0. The predicted molar refractivity (Wildman–Crippen MR) is 301 cm³/mol. The van der Waals surface area contributed by atoms with Crippen LogP contribution < -0.4 is 5.32 Å². The minimum Gasteiger partial charge on any atom is -0.394 e. The smallest absolute Gasteiger partial charge is 0.249 e. The lowest BCUT2D eigenvalue weighted by atomic mass is 10.0. The van der Waals surface area contributed by atoms with Crippen LogP contribution in [0.2, 0.25) is 0 Å². The van der Waals surface area contributed by atoms with Crippen molar-refractivity contribution in [1.29, 1.82) is 0 Å². The first-order chi connectivity index (χ1) is 33.6. The highest BCUT2D eigenvalue weighted by Gasteiger charge is 2.22. The van der Waals surface area contributed by atoms with Gasteiger partial charge in [-0.05, 0) is 19.3 Å². The molecular formula is C63H125NO4. The van der Waals surface area contributed by atoms with E-state index in [4.69, 9.17) is 0 Å². The van der Waals surface area contributed by atoms with Crippen LogP contribution in [-0.2, 0) is 4.79 Å². The maximum Gasteiger partial charge on any atom is 0.249 e. The van der Waals surface area contributed by atoms with Gasteiger partial charge in [0.15, 0.2) is 0 Å². The van der Waals surface area contributed by atoms with E-state index in [1.807, 2.05) is 6.08 Å². The molecule has 0 aliphatic heterocycles. The molecule has 0 aliphatic rings. The molecule has 0 saturated heterocycles. The maximum absolute atomic E-state index is 12.6. The number of carbonyl (C=O) groups is 1. The summed E-state index contributed by atoms with van der Waals surface area (Å²) in [4.78, 5) is 12.6. The number of carbonyl (C=O) groups excluding carboxylic acids is 1. The van der Waals surface area contributed by atoms with Crippen molar-refractivity contribution in [1.82, 2.24) is 5.32 Å². The van der Waals surface area contributed by atoms with Crippen molar-refractivity contribution in [3.05, 3.63) is 12.2 Å². The molecule has 5 nitrogen and oxygen atoms in total. The molecule has 3 unspecified atom stereocenters. The van der Waals surface area contributed by atoms with Gasteiger partial charge in [0.05, 0.1) is 18.8 Å². The minimum absolute atomic E-state index is 0.358. The van der Waals surface area contributed by atoms with Crippen molar-refractivity contribution >= 4 is 5.91 Å². The van der Waals surface area contributed by atoms with Crippen molar-refractivity contribution in [2.24, 2.45) is 0 Å². The van der Waals surface area contributed by atoms with Gasteiger partial charge in [0.2, 0.25) is 5.91 Å². The predicted octanol–water partition coefficient (Wildman–Crippen LogP) is 19.8. The molecule has 0 aliphatic carbocycles. The highest BCUT2D eigenvalue weighted by atomic mass is 16.3. The zero-order chi connectivity index (χ0) is 49.3. The fourth-order valence-corrected chi connectivity index (χ4v) is 10.3. The second-order valence-corrected chi connectivity index (χ2v) is 22.0. The summed E-state index contributed by atoms with van der Waals surface area (Å²) >= 11 is 0. The molecule has 0 saturated carbocycles. The number of allylic oxidation sites excluding steroid dienone is 1. The van der Waals surface area contributed by atoms with E-state index in [1.165, 1.54) is 308 Å². The highest BCUT2D eigenvalue weighted by molar-refractivity contribution is 5.80. The average molecular weight is 961 g/mol. The van der Waals surface area contributed by atoms with E-state index in [0.717, 1.165) is 32.1 Å². The number of amides is 1. The van der Waals surface area contributed by atoms with E-state index >= 15 is 0 Å². The Hall–Kier alpha value is -0.910. The van der Waals surface area contributed by atoms with Crippen molar-refractivity contribution in [3.63, 3.8) is 0 Å². The Labute approximate surface area is 427 Å². The second kappa shape index (κ2) is 58.7. The SMILES string of the molecule is CCCCCCCCCCCCCCCCCCCC/C=C/C(O)C(CO)NC(=O)C(O)CCCCCCCCCCCCCCCCCCCCCCCCCCCCCCCCCCCC. The molecule has 68 heavy (non-hydrogen) atoms. The summed E-state index contributed by atoms with van der Waals surface area (Å²) in [6.45, 7) is 4.23. The molecule has 0 radical (unpaired) electrons. The molecule has 5 heteroatoms. The van der Waals surface area contributed by atoms with Crippen molar-refractivity contribution < 1.29 is 20.1 Å². The van der Waals surface area contributed by atoms with Crippen LogP contribution in [-0.4, -0.2) is 46.1 Å². The molecule has 0 rings (SSSR count). The number of unbranched alkanes of at least 4 members (excludes halogenated alkanes) is 51. The van der Waals surface area contributed by atoms with Crippen LogP contribution in [0.5, 0.6) is 0 Å². The number of aliphatic hydroxyl groups is 3. The van der Waals surface area contributed by atoms with Crippen molar-refractivity contribution in [2.75, 3.05) is 6.61 Å². The summed E-state index contributed by atoms with van der Waals surface area (Å²) in [5, 5.41) is 33.4. The van der Waals surface area contributed by atoms with Gasteiger partial charge in [0, 0.05) is 0 Å². The van der Waals surface area contributed by atoms with E-state index in [-0.39, 0.29) is 6.61 Å². The molecule has 4 N–H and O–H groups in total. The number of nitrogens with one attached hydrogen (secondary N) is 1. The molecule has 406 valence electrons. The lowest BCUT2D eigenvalue weighted by Crippen LogP contribution is -2.48. The molecule has 0 fully saturated rings. The van der Waals surface area contributed by atoms with E-state index in [0.29, 0.717) is 6.42 Å². The quantitative estimate of drug-likeness (QED) is 0.0361. The van der Waals surface area contributed by atoms with E-state index in [9.17, 15) is 20.1 Å². The lowest BCUT2D eigenvalue weighted by molar-refractivity contribution is -0.131. The summed E-state index contributed by atoms with van der Waals surface area (Å²) in [5.74, 6) is -0.494. The van der Waals surface area contributed by atoms with Gasteiger partial charge in [-0.2, -0.15) is 0 Å². The van der Waals surface area contributed by atoms with Gasteiger partial charge < -0.3 is 20.6 Å². The van der Waals surface area contributed by atoms with E-state index in [2.05, 4.69) is 19.2 Å². The van der Waals surface area contributed by atoms with Crippen LogP contribution in [0.15, 0.2) is 12.2 Å². The van der Waals surface area contributed by atoms with E-state index < -0.39 is 24.2 Å². The number of rotatable bonds is 59. The van der Waals surface area contributed by atoms with Crippen LogP contribution in [0.4, 0.5) is 0 Å². The molecule has 1 amide bonds. The summed E-state index contributed by atoms with van der Waals surface area (Å²) in [5.41, 5.74) is 0. The molecule has 0 spiro atoms. The van der Waals surface area contributed by atoms with Gasteiger partial charge in [0.25, 0.3) is 0 Å². The van der Waals surface area contributed by atoms with Gasteiger partial charge in [-0.25, -0.2) is 0 Å². The van der Waals surface area contributed by atoms with Gasteiger partial charge in [-0.3, -0.25) is 4.79 Å². The normalized spacial score (nSPS) is 13.2. The molecule has 0 aromatic carbocycles. The number of hydrogen-bond acceptors (Lipinski definition) is 4. The number of aliphatic hydroxyl groups excluding tert-OH is 3. The standard InChI is InChI=1S/C63H125NO4/c1-3-5-7-9-11-13-15-17-19-21-23-25-26-27-28-29-30-31-32-33-34-35-36-37-38-40-42-44-46-48-50-52-54-56-58-62(67)63(68)64-60(59-65)61(66)57-55-53-51-49-47-45-43-41-39-24-22-20-18-16-14-12-10-8-6-4-2/h55,57,60-62,65-67H,3-54,56,58-59H2,1-2H3,(H,64,68)/b57-55+. The average Bonchev–Trinajstić information content (AvgIpc) is 3.34. The summed E-state index contributed by atoms with van der Waals surface area (Å²) in [7, 11) is 0. The van der Waals surface area contributed by atoms with Crippen LogP contribution >= 0.6 is 0 Å². The molecule has 0 heterocycles. The monoisotopic (exact) mass is 960 g/mol. The van der Waals surface area contributed by atoms with Gasteiger partial charge in [0.1, 0.15) is 6.10 Å². The first-order valence-electron chi connectivity index (χ1n) is 31.5. The first kappa shape index (κ1) is 67.1. The third kappa shape index (κ3) is 52.9. The molecule has 0 bridgehead atoms. The van der Waals surface area contributed by atoms with Crippen LogP contribution in [0.3, 0.4) is 0 Å². The van der Waals surface area contributed by atoms with Gasteiger partial charge in [-0.1, -0.05) is 353 Å². The Kier molecular flexibility index (Phi) is 57.9. The van der Waals surface area contributed by atoms with Crippen molar-refractivity contribution in [3.8, 4) is 0 Å². The highest BCUT2D eigenvalue weighted by Crippen LogP contribution is 2.19. The molecular weight excluding hydrogens is 835 g/mol. The third-order valence-electron chi connectivity index (χ3n) is 15.1. The Balaban J connectivity index is 3.46. The third-order valence-corrected chi connectivity index (χ3v) is 15.1. The summed E-state index contributed by atoms with van der Waals surface area (Å²) < 4.78 is 0. The Morgan fingerprint density at radius 3 is 0.809 bits per heavy atom. The molecule has 3 atom stereocenters. The zero-order valence-corrected chi connectivity index (χ0v) is 46.5. The maximum atomic E-state index is 12.6. The molecule has 0 aromatic rings. The van der Waals surface area contributed by atoms with Crippen LogP contribution in [0.1, 0.15) is 361 Å². The first-order valence-corrected chi connectivity index (χ1v) is 31.5. The Morgan fingerprint density at radius 1 is 0.353 bits per heavy atom. The van der Waals surface area contributed by atoms with Gasteiger partial charge in [-0.15, -0.1) is 0 Å². The Morgan fingerprint density at radius 2 is 0.574 bits per heavy atom. The van der Waals surface area contributed by atoms with E-state index in [1.54, 1.807) is 6.08 Å². The summed E-state index contributed by atoms with van der Waals surface area (Å²) in [6.07, 6.45) is 74.7. The Bertz CT molecular complexity index is 971. The fourth-order valence-electron chi connectivity index (χ4n) is 10.3. The van der Waals surface area contributed by atoms with Crippen molar-refractivity contribution in [2.45, 2.75) is 379 Å². The minimum atomic E-state index is -1.09. The lowest BCUT2D eigenvalue weighted by Gasteiger charge is -2.21. The number of hydrogen-bond donors (Lipinski definition) is 4. The summed E-state index contributed by atoms with van der Waals surface area (Å²) in [6, 6.07) is -0.795. The zero-order valence-electron chi connectivity index (χ0n) is 46.5.